The second-order valence-electron chi connectivity index (χ2n) is 7.73. The highest BCUT2D eigenvalue weighted by molar-refractivity contribution is 14.0. The van der Waals surface area contributed by atoms with Crippen LogP contribution in [-0.2, 0) is 22.6 Å². The quantitative estimate of drug-likeness (QED) is 0.293. The topological polar surface area (TPSA) is 75.1 Å². The Kier molecular flexibility index (Phi) is 11.1. The fraction of sp³-hybridized carbons (Fsp3) is 0.591. The fourth-order valence-electron chi connectivity index (χ4n) is 3.39. The fourth-order valence-corrected chi connectivity index (χ4v) is 4.24. The molecule has 1 fully saturated rings. The number of nitrogens with zero attached hydrogens (tertiary/aromatic N) is 5. The van der Waals surface area contributed by atoms with E-state index in [-0.39, 0.29) is 36.2 Å². The van der Waals surface area contributed by atoms with Crippen molar-refractivity contribution in [3.05, 3.63) is 40.0 Å². The Labute approximate surface area is 212 Å². The van der Waals surface area contributed by atoms with Gasteiger partial charge in [0, 0.05) is 45.4 Å². The minimum atomic E-state index is 0. The average molecular weight is 575 g/mol. The number of halogens is 1. The third-order valence-electron chi connectivity index (χ3n) is 5.15. The number of hydrogen-bond acceptors (Lipinski definition) is 7. The van der Waals surface area contributed by atoms with Crippen LogP contribution in [0.5, 0.6) is 0 Å². The molecule has 0 aliphatic carbocycles. The van der Waals surface area contributed by atoms with Gasteiger partial charge in [-0.2, -0.15) is 0 Å². The molecule has 1 saturated heterocycles. The first-order chi connectivity index (χ1) is 15.0. The Bertz CT molecular complexity index is 864. The molecule has 0 amide bonds. The number of thiazole rings is 1. The molecule has 1 aliphatic rings. The molecule has 32 heavy (non-hydrogen) atoms. The predicted molar refractivity (Wildman–Crippen MR) is 141 cm³/mol. The zero-order valence-corrected chi connectivity index (χ0v) is 22.7. The lowest BCUT2D eigenvalue weighted by atomic mass is 10.2. The van der Waals surface area contributed by atoms with Gasteiger partial charge in [0.1, 0.15) is 16.9 Å². The van der Waals surface area contributed by atoms with Crippen molar-refractivity contribution in [1.82, 2.24) is 20.2 Å². The van der Waals surface area contributed by atoms with E-state index in [0.717, 1.165) is 54.3 Å². The van der Waals surface area contributed by atoms with E-state index in [4.69, 9.17) is 19.5 Å². The summed E-state index contributed by atoms with van der Waals surface area (Å²) in [5.74, 6) is 1.85. The Morgan fingerprint density at radius 1 is 1.50 bits per heavy atom. The van der Waals surface area contributed by atoms with Crippen LogP contribution in [-0.4, -0.2) is 67.3 Å². The van der Waals surface area contributed by atoms with E-state index in [9.17, 15) is 0 Å². The average Bonchev–Trinajstić information content (AvgIpc) is 3.24. The summed E-state index contributed by atoms with van der Waals surface area (Å²) in [7, 11) is 3.74. The molecule has 2 aromatic rings. The van der Waals surface area contributed by atoms with Crippen molar-refractivity contribution >= 4 is 47.1 Å². The van der Waals surface area contributed by atoms with Gasteiger partial charge in [0.2, 0.25) is 0 Å². The zero-order chi connectivity index (χ0) is 22.2. The highest BCUT2D eigenvalue weighted by Gasteiger charge is 2.18. The van der Waals surface area contributed by atoms with Crippen molar-refractivity contribution in [2.24, 2.45) is 4.99 Å². The molecular weight excluding hydrogens is 539 g/mol. The molecule has 3 heterocycles. The number of hydrogen-bond donors (Lipinski definition) is 1. The van der Waals surface area contributed by atoms with E-state index in [1.54, 1.807) is 18.4 Å². The third kappa shape index (κ3) is 7.53. The van der Waals surface area contributed by atoms with Gasteiger partial charge in [0.05, 0.1) is 31.5 Å². The van der Waals surface area contributed by atoms with Crippen molar-refractivity contribution in [2.45, 2.75) is 46.1 Å². The Morgan fingerprint density at radius 3 is 3.03 bits per heavy atom. The Hall–Kier alpha value is -1.50. The van der Waals surface area contributed by atoms with Crippen molar-refractivity contribution in [1.29, 1.82) is 0 Å². The largest absolute Gasteiger partial charge is 0.375 e. The summed E-state index contributed by atoms with van der Waals surface area (Å²) in [4.78, 5) is 18.5. The number of anilines is 1. The van der Waals surface area contributed by atoms with Crippen LogP contribution in [0.3, 0.4) is 0 Å². The minimum Gasteiger partial charge on any atom is -0.375 e. The van der Waals surface area contributed by atoms with Gasteiger partial charge in [-0.25, -0.2) is 15.0 Å². The van der Waals surface area contributed by atoms with Crippen molar-refractivity contribution in [3.63, 3.8) is 0 Å². The SMILES string of the molecule is CCNC(=NCc1ccnc(N2CCOC(C)C2)c1)N(C)Cc1csc(C(C)OC)n1.I. The lowest BCUT2D eigenvalue weighted by Gasteiger charge is -2.32. The number of methoxy groups -OCH3 is 1. The summed E-state index contributed by atoms with van der Waals surface area (Å²) in [6.45, 7) is 10.7. The predicted octanol–water partition coefficient (Wildman–Crippen LogP) is 3.69. The van der Waals surface area contributed by atoms with Crippen LogP contribution in [0.2, 0.25) is 0 Å². The molecule has 178 valence electrons. The van der Waals surface area contributed by atoms with Crippen molar-refractivity contribution in [2.75, 3.05) is 45.3 Å². The normalized spacial score (nSPS) is 17.6. The van der Waals surface area contributed by atoms with Crippen LogP contribution in [0.15, 0.2) is 28.7 Å². The first-order valence-electron chi connectivity index (χ1n) is 10.8. The number of rotatable bonds is 8. The number of aliphatic imine (C=N–C) groups is 1. The maximum atomic E-state index is 5.65. The number of morpholine rings is 1. The minimum absolute atomic E-state index is 0. The molecule has 0 radical (unpaired) electrons. The monoisotopic (exact) mass is 574 g/mol. The number of ether oxygens (including phenoxy) is 2. The Morgan fingerprint density at radius 2 is 2.31 bits per heavy atom. The summed E-state index contributed by atoms with van der Waals surface area (Å²) in [6, 6.07) is 4.16. The summed E-state index contributed by atoms with van der Waals surface area (Å²) >= 11 is 1.63. The lowest BCUT2D eigenvalue weighted by molar-refractivity contribution is 0.0529. The smallest absolute Gasteiger partial charge is 0.194 e. The highest BCUT2D eigenvalue weighted by Crippen LogP contribution is 2.21. The number of nitrogens with one attached hydrogen (secondary N) is 1. The second kappa shape index (κ2) is 13.3. The molecule has 2 atom stereocenters. The molecule has 0 bridgehead atoms. The highest BCUT2D eigenvalue weighted by atomic mass is 127. The van der Waals surface area contributed by atoms with Gasteiger partial charge in [0.25, 0.3) is 0 Å². The molecule has 8 nitrogen and oxygen atoms in total. The number of aromatic nitrogens is 2. The van der Waals surface area contributed by atoms with Crippen molar-refractivity contribution < 1.29 is 9.47 Å². The zero-order valence-electron chi connectivity index (χ0n) is 19.6. The van der Waals surface area contributed by atoms with Gasteiger partial charge >= 0.3 is 0 Å². The van der Waals surface area contributed by atoms with Crippen molar-refractivity contribution in [3.8, 4) is 0 Å². The number of guanidine groups is 1. The molecule has 2 unspecified atom stereocenters. The van der Waals surface area contributed by atoms with Gasteiger partial charge in [-0.05, 0) is 38.5 Å². The van der Waals surface area contributed by atoms with E-state index in [1.165, 1.54) is 0 Å². The Balaban J connectivity index is 0.00000363. The van der Waals surface area contributed by atoms with E-state index in [1.807, 2.05) is 26.2 Å². The lowest BCUT2D eigenvalue weighted by Crippen LogP contribution is -2.41. The van der Waals surface area contributed by atoms with Crippen LogP contribution >= 0.6 is 35.3 Å². The van der Waals surface area contributed by atoms with E-state index in [0.29, 0.717) is 13.1 Å². The maximum Gasteiger partial charge on any atom is 0.194 e. The van der Waals surface area contributed by atoms with Crippen LogP contribution in [0.1, 0.15) is 43.1 Å². The van der Waals surface area contributed by atoms with E-state index in [2.05, 4.69) is 45.4 Å². The van der Waals surface area contributed by atoms with Gasteiger partial charge < -0.3 is 24.6 Å². The van der Waals surface area contributed by atoms with Crippen LogP contribution in [0.25, 0.3) is 0 Å². The first-order valence-corrected chi connectivity index (χ1v) is 11.7. The van der Waals surface area contributed by atoms with Crippen LogP contribution in [0.4, 0.5) is 5.82 Å². The standard InChI is InChI=1S/C22H34N6O2S.HI/c1-6-23-22(27(4)14-19-15-31-21(26-19)17(3)29-5)25-12-18-7-8-24-20(11-18)28-9-10-30-16(2)13-28;/h7-8,11,15-17H,6,9-10,12-14H2,1-5H3,(H,23,25);1H. The molecule has 1 aliphatic heterocycles. The molecule has 0 aromatic carbocycles. The maximum absolute atomic E-state index is 5.65. The van der Waals surface area contributed by atoms with Gasteiger partial charge in [0.15, 0.2) is 5.96 Å². The molecule has 3 rings (SSSR count). The van der Waals surface area contributed by atoms with Crippen LogP contribution < -0.4 is 10.2 Å². The first kappa shape index (κ1) is 26.7. The second-order valence-corrected chi connectivity index (χ2v) is 8.62. The molecule has 2 aromatic heterocycles. The molecule has 10 heteroatoms. The summed E-state index contributed by atoms with van der Waals surface area (Å²) < 4.78 is 11.0. The summed E-state index contributed by atoms with van der Waals surface area (Å²) in [5.41, 5.74) is 2.16. The molecule has 0 saturated carbocycles. The molecule has 1 N–H and O–H groups in total. The summed E-state index contributed by atoms with van der Waals surface area (Å²) in [5, 5.41) is 6.46. The third-order valence-corrected chi connectivity index (χ3v) is 6.21. The van der Waals surface area contributed by atoms with E-state index >= 15 is 0 Å². The van der Waals surface area contributed by atoms with Gasteiger partial charge in [-0.1, -0.05) is 0 Å². The van der Waals surface area contributed by atoms with Gasteiger partial charge in [-0.15, -0.1) is 35.3 Å². The molecular formula is C22H35IN6O2S. The van der Waals surface area contributed by atoms with Gasteiger partial charge in [-0.3, -0.25) is 0 Å². The number of pyridine rings is 1. The molecule has 0 spiro atoms. The van der Waals surface area contributed by atoms with E-state index < -0.39 is 0 Å². The summed E-state index contributed by atoms with van der Waals surface area (Å²) in [6.07, 6.45) is 2.11. The van der Waals surface area contributed by atoms with Crippen LogP contribution in [0, 0.1) is 0 Å².